The normalized spacial score (nSPS) is 10.0. The van der Waals surface area contributed by atoms with Gasteiger partial charge in [0.1, 0.15) is 0 Å². The maximum atomic E-state index is 11.0. The Kier molecular flexibility index (Phi) is 2.99. The van der Waals surface area contributed by atoms with Crippen LogP contribution in [0.3, 0.4) is 0 Å². The largest absolute Gasteiger partial charge is 0.238 e. The molecule has 0 aliphatic carbocycles. The molecule has 0 saturated carbocycles. The number of halogens is 2. The van der Waals surface area contributed by atoms with E-state index in [2.05, 4.69) is 6.92 Å². The lowest BCUT2D eigenvalue weighted by molar-refractivity contribution is 0.139. The summed E-state index contributed by atoms with van der Waals surface area (Å²) in [6.07, 6.45) is -1.90. The minimum atomic E-state index is -2.16. The van der Waals surface area contributed by atoms with Gasteiger partial charge >= 0.3 is 0 Å². The molecular formula is C4H7F2. The lowest BCUT2D eigenvalue weighted by Crippen LogP contribution is -1.85. The Labute approximate surface area is 36.2 Å². The summed E-state index contributed by atoms with van der Waals surface area (Å²) >= 11 is 0. The van der Waals surface area contributed by atoms with E-state index in [9.17, 15) is 8.78 Å². The predicted molar refractivity (Wildman–Crippen MR) is 20.6 cm³/mol. The molecular weight excluding hydrogens is 86.0 g/mol. The highest BCUT2D eigenvalue weighted by molar-refractivity contribution is 4.41. The van der Waals surface area contributed by atoms with Crippen LogP contribution in [0.25, 0.3) is 0 Å². The van der Waals surface area contributed by atoms with Gasteiger partial charge < -0.3 is 0 Å². The third kappa shape index (κ3) is 3.86. The lowest BCUT2D eigenvalue weighted by atomic mass is 10.4. The second kappa shape index (κ2) is 3.07. The van der Waals surface area contributed by atoms with Crippen molar-refractivity contribution in [1.29, 1.82) is 0 Å². The van der Waals surface area contributed by atoms with Gasteiger partial charge in [-0.3, -0.25) is 0 Å². The van der Waals surface area contributed by atoms with Crippen LogP contribution in [0.4, 0.5) is 8.78 Å². The number of hydrogen-bond donors (Lipinski definition) is 0. The van der Waals surface area contributed by atoms with Crippen LogP contribution in [0.1, 0.15) is 12.8 Å². The van der Waals surface area contributed by atoms with Crippen LogP contribution >= 0.6 is 0 Å². The van der Waals surface area contributed by atoms with Gasteiger partial charge in [0.25, 0.3) is 0 Å². The summed E-state index contributed by atoms with van der Waals surface area (Å²) in [4.78, 5) is 0. The molecule has 37 valence electrons. The second-order valence-corrected chi connectivity index (χ2v) is 1.03. The summed E-state index contributed by atoms with van der Waals surface area (Å²) in [5, 5.41) is 0. The Balaban J connectivity index is 2.63. The fourth-order valence-electron chi connectivity index (χ4n) is 0.154. The molecule has 0 amide bonds. The Morgan fingerprint density at radius 3 is 2.00 bits per heavy atom. The zero-order valence-corrected chi connectivity index (χ0v) is 3.45. The molecule has 0 aliphatic rings. The van der Waals surface area contributed by atoms with Gasteiger partial charge in [-0.15, -0.1) is 0 Å². The summed E-state index contributed by atoms with van der Waals surface area (Å²) in [5.74, 6) is 0. The van der Waals surface area contributed by atoms with Crippen molar-refractivity contribution in [1.82, 2.24) is 0 Å². The van der Waals surface area contributed by atoms with Crippen molar-refractivity contribution in [3.63, 3.8) is 0 Å². The highest BCUT2D eigenvalue weighted by Crippen LogP contribution is 1.99. The average molecular weight is 93.1 g/mol. The maximum Gasteiger partial charge on any atom is 0.238 e. The molecule has 0 heterocycles. The van der Waals surface area contributed by atoms with Crippen molar-refractivity contribution >= 4 is 0 Å². The van der Waals surface area contributed by atoms with E-state index < -0.39 is 6.43 Å². The number of alkyl halides is 2. The number of hydrogen-bond acceptors (Lipinski definition) is 0. The Hall–Kier alpha value is -0.140. The predicted octanol–water partition coefficient (Wildman–Crippen LogP) is 1.87. The Morgan fingerprint density at radius 1 is 1.50 bits per heavy atom. The Bertz CT molecular complexity index is 26.7. The van der Waals surface area contributed by atoms with E-state index in [0.717, 1.165) is 0 Å². The molecule has 0 spiro atoms. The van der Waals surface area contributed by atoms with Crippen molar-refractivity contribution in [3.8, 4) is 0 Å². The van der Waals surface area contributed by atoms with Gasteiger partial charge in [0, 0.05) is 6.42 Å². The van der Waals surface area contributed by atoms with E-state index in [1.165, 1.54) is 0 Å². The van der Waals surface area contributed by atoms with Crippen LogP contribution in [-0.2, 0) is 0 Å². The molecule has 0 unspecified atom stereocenters. The molecule has 0 fully saturated rings. The molecule has 1 radical (unpaired) electrons. The molecule has 0 N–H and O–H groups in total. The van der Waals surface area contributed by atoms with Crippen molar-refractivity contribution in [2.24, 2.45) is 0 Å². The fourth-order valence-corrected chi connectivity index (χ4v) is 0.154. The third-order valence-corrected chi connectivity index (χ3v) is 0.422. The molecule has 0 aromatic carbocycles. The Morgan fingerprint density at radius 2 is 2.00 bits per heavy atom. The highest BCUT2D eigenvalue weighted by Gasteiger charge is 1.95. The highest BCUT2D eigenvalue weighted by atomic mass is 19.3. The van der Waals surface area contributed by atoms with Gasteiger partial charge in [-0.25, -0.2) is 8.78 Å². The quantitative estimate of drug-likeness (QED) is 0.488. The summed E-state index contributed by atoms with van der Waals surface area (Å²) in [5.41, 5.74) is 0. The van der Waals surface area contributed by atoms with Crippen LogP contribution < -0.4 is 0 Å². The van der Waals surface area contributed by atoms with Gasteiger partial charge in [-0.05, 0) is 6.42 Å². The van der Waals surface area contributed by atoms with Gasteiger partial charge in [0.15, 0.2) is 0 Å². The third-order valence-electron chi connectivity index (χ3n) is 0.422. The fraction of sp³-hybridized carbons (Fsp3) is 0.750. The monoisotopic (exact) mass is 93.1 g/mol. The minimum Gasteiger partial charge on any atom is -0.211 e. The zero-order chi connectivity index (χ0) is 4.99. The summed E-state index contributed by atoms with van der Waals surface area (Å²) in [7, 11) is 0. The molecule has 6 heavy (non-hydrogen) atoms. The summed E-state index contributed by atoms with van der Waals surface area (Å²) in [6.45, 7) is 3.25. The van der Waals surface area contributed by atoms with Crippen molar-refractivity contribution in [2.75, 3.05) is 0 Å². The van der Waals surface area contributed by atoms with Crippen LogP contribution in [0.5, 0.6) is 0 Å². The van der Waals surface area contributed by atoms with Crippen molar-refractivity contribution in [3.05, 3.63) is 6.92 Å². The second-order valence-electron chi connectivity index (χ2n) is 1.03. The molecule has 0 aliphatic heterocycles. The van der Waals surface area contributed by atoms with E-state index in [1.54, 1.807) is 0 Å². The van der Waals surface area contributed by atoms with E-state index in [1.807, 2.05) is 0 Å². The smallest absolute Gasteiger partial charge is 0.211 e. The van der Waals surface area contributed by atoms with E-state index in [-0.39, 0.29) is 6.42 Å². The lowest BCUT2D eigenvalue weighted by Gasteiger charge is -1.87. The van der Waals surface area contributed by atoms with E-state index >= 15 is 0 Å². The van der Waals surface area contributed by atoms with Crippen molar-refractivity contribution < 1.29 is 8.78 Å². The minimum absolute atomic E-state index is 0.0694. The first-order valence-electron chi connectivity index (χ1n) is 1.84. The molecule has 0 saturated heterocycles. The molecule has 0 atom stereocenters. The first-order valence-corrected chi connectivity index (χ1v) is 1.84. The van der Waals surface area contributed by atoms with Gasteiger partial charge in [0.05, 0.1) is 0 Å². The average Bonchev–Trinajstić information content (AvgIpc) is 1.35. The van der Waals surface area contributed by atoms with Crippen molar-refractivity contribution in [2.45, 2.75) is 19.3 Å². The summed E-state index contributed by atoms with van der Waals surface area (Å²) < 4.78 is 22.0. The molecule has 0 rings (SSSR count). The molecule has 2 heteroatoms. The molecule has 0 nitrogen and oxygen atoms in total. The summed E-state index contributed by atoms with van der Waals surface area (Å²) in [6, 6.07) is 0. The SMILES string of the molecule is [CH2]CCC(F)F. The zero-order valence-electron chi connectivity index (χ0n) is 3.45. The van der Waals surface area contributed by atoms with Gasteiger partial charge in [-0.2, -0.15) is 0 Å². The first-order chi connectivity index (χ1) is 2.77. The number of rotatable bonds is 2. The van der Waals surface area contributed by atoms with E-state index in [4.69, 9.17) is 0 Å². The topological polar surface area (TPSA) is 0 Å². The molecule has 0 aromatic rings. The van der Waals surface area contributed by atoms with E-state index in [0.29, 0.717) is 6.42 Å². The van der Waals surface area contributed by atoms with Gasteiger partial charge in [0.2, 0.25) is 6.43 Å². The standard InChI is InChI=1S/C4H7F2/c1-2-3-4(5)6/h4H,1-3H2. The van der Waals surface area contributed by atoms with Gasteiger partial charge in [-0.1, -0.05) is 6.92 Å². The maximum absolute atomic E-state index is 11.0. The van der Waals surface area contributed by atoms with Crippen LogP contribution in [-0.4, -0.2) is 6.43 Å². The first kappa shape index (κ1) is 5.86. The van der Waals surface area contributed by atoms with Crippen LogP contribution in [0.15, 0.2) is 0 Å². The van der Waals surface area contributed by atoms with Crippen LogP contribution in [0, 0.1) is 6.92 Å². The molecule has 0 aromatic heterocycles. The van der Waals surface area contributed by atoms with Crippen LogP contribution in [0.2, 0.25) is 0 Å². The molecule has 0 bridgehead atoms.